The van der Waals surface area contributed by atoms with E-state index in [9.17, 15) is 29.8 Å². The molecule has 10 nitrogen and oxygen atoms in total. The third-order valence-corrected chi connectivity index (χ3v) is 5.37. The van der Waals surface area contributed by atoms with Gasteiger partial charge in [-0.15, -0.1) is 0 Å². The van der Waals surface area contributed by atoms with E-state index in [1.54, 1.807) is 36.4 Å². The standard InChI is InChI=1S/C25H30N2O8/c28-24(34-17-9-1-3-11-20-13-5-7-15-22(20)26(30)31)19-25(29)35-18-10-2-4-12-21-14-6-8-16-23(21)27(32)33/h5-8,13-16H,1-4,9-12,17-19H2. The van der Waals surface area contributed by atoms with Crippen molar-refractivity contribution in [1.29, 1.82) is 0 Å². The van der Waals surface area contributed by atoms with Crippen LogP contribution in [0.4, 0.5) is 11.4 Å². The summed E-state index contributed by atoms with van der Waals surface area (Å²) < 4.78 is 10.1. The zero-order valence-corrected chi connectivity index (χ0v) is 19.6. The quantitative estimate of drug-likeness (QED) is 0.105. The number of aryl methyl sites for hydroxylation is 2. The summed E-state index contributed by atoms with van der Waals surface area (Å²) in [6.45, 7) is 0.350. The molecule has 0 radical (unpaired) electrons. The molecule has 0 aromatic heterocycles. The minimum absolute atomic E-state index is 0.109. The number of carbonyl (C=O) groups excluding carboxylic acids is 2. The predicted octanol–water partition coefficient (Wildman–Crippen LogP) is 5.11. The van der Waals surface area contributed by atoms with Gasteiger partial charge in [0.1, 0.15) is 6.42 Å². The average molecular weight is 487 g/mol. The van der Waals surface area contributed by atoms with Gasteiger partial charge >= 0.3 is 11.9 Å². The first-order valence-corrected chi connectivity index (χ1v) is 11.6. The van der Waals surface area contributed by atoms with Crippen molar-refractivity contribution < 1.29 is 28.9 Å². The highest BCUT2D eigenvalue weighted by molar-refractivity contribution is 5.91. The molecular weight excluding hydrogens is 456 g/mol. The first kappa shape index (κ1) is 27.4. The van der Waals surface area contributed by atoms with Gasteiger partial charge in [-0.2, -0.15) is 0 Å². The summed E-state index contributed by atoms with van der Waals surface area (Å²) in [4.78, 5) is 44.7. The Hall–Kier alpha value is -3.82. The van der Waals surface area contributed by atoms with E-state index in [2.05, 4.69) is 0 Å². The number of hydrogen-bond acceptors (Lipinski definition) is 8. The fraction of sp³-hybridized carbons (Fsp3) is 0.440. The second-order valence-electron chi connectivity index (χ2n) is 8.01. The molecule has 2 aromatic rings. The summed E-state index contributed by atoms with van der Waals surface area (Å²) in [6, 6.07) is 13.2. The van der Waals surface area contributed by atoms with Gasteiger partial charge in [-0.3, -0.25) is 29.8 Å². The van der Waals surface area contributed by atoms with Gasteiger partial charge in [-0.05, 0) is 51.4 Å². The van der Waals surface area contributed by atoms with Crippen molar-refractivity contribution in [2.45, 2.75) is 57.8 Å². The maximum atomic E-state index is 11.8. The number of nitrogens with zero attached hydrogens (tertiary/aromatic N) is 2. The first-order chi connectivity index (χ1) is 16.9. The van der Waals surface area contributed by atoms with Gasteiger partial charge in [-0.25, -0.2) is 0 Å². The van der Waals surface area contributed by atoms with E-state index in [0.29, 0.717) is 36.8 Å². The van der Waals surface area contributed by atoms with Gasteiger partial charge < -0.3 is 9.47 Å². The predicted molar refractivity (Wildman–Crippen MR) is 128 cm³/mol. The summed E-state index contributed by atoms with van der Waals surface area (Å²) in [6.07, 6.45) is 4.80. The summed E-state index contributed by atoms with van der Waals surface area (Å²) in [7, 11) is 0. The summed E-state index contributed by atoms with van der Waals surface area (Å²) in [5, 5.41) is 22.0. The molecule has 2 rings (SSSR count). The van der Waals surface area contributed by atoms with Crippen LogP contribution in [0.3, 0.4) is 0 Å². The fourth-order valence-electron chi connectivity index (χ4n) is 3.58. The molecule has 0 fully saturated rings. The van der Waals surface area contributed by atoms with Crippen molar-refractivity contribution in [2.75, 3.05) is 13.2 Å². The third kappa shape index (κ3) is 10.3. The maximum absolute atomic E-state index is 11.8. The number of nitro benzene ring substituents is 2. The lowest BCUT2D eigenvalue weighted by molar-refractivity contribution is -0.385. The van der Waals surface area contributed by atoms with Crippen molar-refractivity contribution in [3.8, 4) is 0 Å². The number of rotatable bonds is 16. The van der Waals surface area contributed by atoms with Crippen LogP contribution < -0.4 is 0 Å². The normalized spacial score (nSPS) is 10.5. The summed E-state index contributed by atoms with van der Waals surface area (Å²) >= 11 is 0. The number of nitro groups is 2. The highest BCUT2D eigenvalue weighted by Gasteiger charge is 2.14. The molecule has 35 heavy (non-hydrogen) atoms. The van der Waals surface area contributed by atoms with Gasteiger partial charge in [0.15, 0.2) is 0 Å². The Morgan fingerprint density at radius 2 is 1.03 bits per heavy atom. The minimum atomic E-state index is -0.648. The molecule has 0 saturated heterocycles. The molecule has 0 aliphatic rings. The van der Waals surface area contributed by atoms with Gasteiger partial charge in [0.25, 0.3) is 11.4 Å². The Labute approximate surface area is 203 Å². The van der Waals surface area contributed by atoms with Crippen LogP contribution in [-0.4, -0.2) is 35.0 Å². The number of benzene rings is 2. The van der Waals surface area contributed by atoms with E-state index in [4.69, 9.17) is 9.47 Å². The van der Waals surface area contributed by atoms with E-state index < -0.39 is 28.2 Å². The number of unbranched alkanes of at least 4 members (excludes halogenated alkanes) is 4. The topological polar surface area (TPSA) is 139 Å². The second kappa shape index (κ2) is 15.2. The molecule has 0 saturated carbocycles. The molecule has 0 aliphatic carbocycles. The number of para-hydroxylation sites is 2. The SMILES string of the molecule is O=C(CC(=O)OCCCCCc1ccccc1[N+](=O)[O-])OCCCCCc1ccccc1[N+](=O)[O-]. The van der Waals surface area contributed by atoms with Crippen molar-refractivity contribution >= 4 is 23.3 Å². The number of carbonyl (C=O) groups is 2. The summed E-state index contributed by atoms with van der Waals surface area (Å²) in [5.41, 5.74) is 1.58. The fourth-order valence-corrected chi connectivity index (χ4v) is 3.58. The lowest BCUT2D eigenvalue weighted by Crippen LogP contribution is -2.15. The van der Waals surface area contributed by atoms with E-state index in [-0.39, 0.29) is 24.6 Å². The highest BCUT2D eigenvalue weighted by Crippen LogP contribution is 2.21. The van der Waals surface area contributed by atoms with E-state index in [1.165, 1.54) is 12.1 Å². The number of hydrogen-bond donors (Lipinski definition) is 0. The lowest BCUT2D eigenvalue weighted by Gasteiger charge is -2.07. The summed E-state index contributed by atoms with van der Waals surface area (Å²) in [5.74, 6) is -1.30. The van der Waals surface area contributed by atoms with Crippen molar-refractivity contribution in [3.05, 3.63) is 79.9 Å². The largest absolute Gasteiger partial charge is 0.465 e. The number of esters is 2. The van der Waals surface area contributed by atoms with E-state index in [0.717, 1.165) is 25.7 Å². The second-order valence-corrected chi connectivity index (χ2v) is 8.01. The van der Waals surface area contributed by atoms with Crippen LogP contribution in [-0.2, 0) is 31.9 Å². The van der Waals surface area contributed by atoms with E-state index in [1.807, 2.05) is 0 Å². The molecular formula is C25H30N2O8. The van der Waals surface area contributed by atoms with Crippen molar-refractivity contribution in [3.63, 3.8) is 0 Å². The zero-order chi connectivity index (χ0) is 25.5. The number of ether oxygens (including phenoxy) is 2. The van der Waals surface area contributed by atoms with Crippen molar-refractivity contribution in [2.24, 2.45) is 0 Å². The van der Waals surface area contributed by atoms with E-state index >= 15 is 0 Å². The minimum Gasteiger partial charge on any atom is -0.465 e. The smallest absolute Gasteiger partial charge is 0.317 e. The molecule has 0 heterocycles. The third-order valence-electron chi connectivity index (χ3n) is 5.37. The van der Waals surface area contributed by atoms with Gasteiger partial charge in [0, 0.05) is 23.3 Å². The van der Waals surface area contributed by atoms with Crippen LogP contribution in [0, 0.1) is 20.2 Å². The zero-order valence-electron chi connectivity index (χ0n) is 19.6. The van der Waals surface area contributed by atoms with Crippen molar-refractivity contribution in [1.82, 2.24) is 0 Å². The molecule has 0 bridgehead atoms. The Kier molecular flexibility index (Phi) is 11.9. The van der Waals surface area contributed by atoms with Gasteiger partial charge in [0.05, 0.1) is 23.1 Å². The average Bonchev–Trinajstić information content (AvgIpc) is 2.83. The van der Waals surface area contributed by atoms with Crippen LogP contribution in [0.1, 0.15) is 56.1 Å². The van der Waals surface area contributed by atoms with Crippen LogP contribution in [0.15, 0.2) is 48.5 Å². The lowest BCUT2D eigenvalue weighted by atomic mass is 10.1. The Morgan fingerprint density at radius 3 is 1.43 bits per heavy atom. The Balaban J connectivity index is 1.50. The van der Waals surface area contributed by atoms with Gasteiger partial charge in [-0.1, -0.05) is 36.4 Å². The monoisotopic (exact) mass is 486 g/mol. The molecule has 0 spiro atoms. The van der Waals surface area contributed by atoms with Crippen LogP contribution in [0.25, 0.3) is 0 Å². The Bertz CT molecular complexity index is 929. The molecule has 0 atom stereocenters. The molecule has 0 aliphatic heterocycles. The molecule has 188 valence electrons. The molecule has 2 aromatic carbocycles. The first-order valence-electron chi connectivity index (χ1n) is 11.6. The molecule has 0 unspecified atom stereocenters. The molecule has 0 N–H and O–H groups in total. The van der Waals surface area contributed by atoms with Gasteiger partial charge in [0.2, 0.25) is 0 Å². The maximum Gasteiger partial charge on any atom is 0.317 e. The highest BCUT2D eigenvalue weighted by atomic mass is 16.6. The van der Waals surface area contributed by atoms with Crippen LogP contribution in [0.2, 0.25) is 0 Å². The van der Waals surface area contributed by atoms with Crippen LogP contribution >= 0.6 is 0 Å². The molecule has 10 heteroatoms. The van der Waals surface area contributed by atoms with Crippen LogP contribution in [0.5, 0.6) is 0 Å². The Morgan fingerprint density at radius 1 is 0.629 bits per heavy atom. The molecule has 0 amide bonds.